The zero-order chi connectivity index (χ0) is 30.1. The molecule has 1 heterocycles. The minimum Gasteiger partial charge on any atom is -0.497 e. The van der Waals surface area contributed by atoms with Crippen LogP contribution in [0, 0.1) is 16.7 Å². The van der Waals surface area contributed by atoms with Crippen molar-refractivity contribution in [3.63, 3.8) is 0 Å². The van der Waals surface area contributed by atoms with Crippen LogP contribution in [0.4, 0.5) is 11.5 Å². The second-order valence-corrected chi connectivity index (χ2v) is 13.2. The molecular weight excluding hydrogens is 564 g/mol. The van der Waals surface area contributed by atoms with Crippen molar-refractivity contribution in [1.29, 1.82) is 0 Å². The molecule has 9 nitrogen and oxygen atoms in total. The number of fused-ring (bicyclic) bond motifs is 1. The van der Waals surface area contributed by atoms with Crippen LogP contribution in [0.1, 0.15) is 49.1 Å². The van der Waals surface area contributed by atoms with Crippen molar-refractivity contribution < 1.29 is 18.5 Å². The molecule has 4 aromatic rings. The first kappa shape index (κ1) is 28.9. The molecule has 0 spiro atoms. The van der Waals surface area contributed by atoms with Gasteiger partial charge < -0.3 is 14.8 Å². The van der Waals surface area contributed by atoms with E-state index in [-0.39, 0.29) is 17.6 Å². The molecule has 2 fully saturated rings. The highest BCUT2D eigenvalue weighted by Gasteiger charge is 2.56. The van der Waals surface area contributed by atoms with E-state index in [1.54, 1.807) is 20.3 Å². The maximum Gasteiger partial charge on any atom is 0.167 e. The van der Waals surface area contributed by atoms with Gasteiger partial charge in [-0.1, -0.05) is 29.4 Å². The summed E-state index contributed by atoms with van der Waals surface area (Å²) in [6.45, 7) is 1.89. The van der Waals surface area contributed by atoms with Gasteiger partial charge >= 0.3 is 0 Å². The molecule has 0 radical (unpaired) electrons. The summed E-state index contributed by atoms with van der Waals surface area (Å²) in [6, 6.07) is 20.8. The average Bonchev–Trinajstić information content (AvgIpc) is 3.83. The number of Topliss-reactive ketones (excluding diaryl/α,β-unsaturated/α-hetero) is 1. The highest BCUT2D eigenvalue weighted by atomic mass is 32.2. The maximum atomic E-state index is 14.0. The molecular formula is C33H34N4O5S. The number of benzene rings is 3. The van der Waals surface area contributed by atoms with Crippen LogP contribution in [-0.2, 0) is 22.0 Å². The van der Waals surface area contributed by atoms with E-state index in [1.807, 2.05) is 67.6 Å². The normalized spacial score (nSPS) is 20.0. The number of carbonyl (C=O) groups is 1. The third-order valence-electron chi connectivity index (χ3n) is 8.66. The van der Waals surface area contributed by atoms with E-state index >= 15 is 0 Å². The van der Waals surface area contributed by atoms with Gasteiger partial charge in [0.1, 0.15) is 11.5 Å². The van der Waals surface area contributed by atoms with E-state index in [1.165, 1.54) is 0 Å². The number of aromatic nitrogens is 2. The summed E-state index contributed by atoms with van der Waals surface area (Å²) in [7, 11) is 1.73. The Labute approximate surface area is 252 Å². The largest absolute Gasteiger partial charge is 0.497 e. The van der Waals surface area contributed by atoms with Crippen molar-refractivity contribution in [3.05, 3.63) is 82.9 Å². The van der Waals surface area contributed by atoms with Crippen LogP contribution in [0.2, 0.25) is 0 Å². The SMILES string of the molecule is COc1cc(Nc2nc3ccccc3nc2C(C)S(=O)c2cccc(CC3CCC3C(=O)C3(N=O)CC3)c2)cc(OC)c1. The highest BCUT2D eigenvalue weighted by molar-refractivity contribution is 7.85. The van der Waals surface area contributed by atoms with Crippen LogP contribution in [-0.4, -0.2) is 39.7 Å². The Morgan fingerprint density at radius 1 is 1.00 bits per heavy atom. The lowest BCUT2D eigenvalue weighted by Gasteiger charge is -2.36. The van der Waals surface area contributed by atoms with E-state index in [9.17, 15) is 13.9 Å². The zero-order valence-electron chi connectivity index (χ0n) is 24.4. The Bertz CT molecular complexity index is 1700. The van der Waals surface area contributed by atoms with Crippen molar-refractivity contribution in [2.45, 2.75) is 54.7 Å². The van der Waals surface area contributed by atoms with Crippen molar-refractivity contribution in [2.24, 2.45) is 17.0 Å². The third-order valence-corrected chi connectivity index (χ3v) is 10.2. The maximum absolute atomic E-state index is 14.0. The molecule has 2 aliphatic rings. The lowest BCUT2D eigenvalue weighted by molar-refractivity contribution is -0.130. The molecule has 3 aromatic carbocycles. The molecule has 4 unspecified atom stereocenters. The van der Waals surface area contributed by atoms with Gasteiger partial charge in [0.2, 0.25) is 0 Å². The van der Waals surface area contributed by atoms with Gasteiger partial charge in [-0.2, -0.15) is 0 Å². The first-order chi connectivity index (χ1) is 20.8. The molecule has 1 N–H and O–H groups in total. The standard InChI is InChI=1S/C33H34N4O5S/c1-20(43(40)26-8-6-7-21(16-26)15-22-11-12-27(22)31(38)33(37-39)13-14-33)30-32(36-29-10-5-4-9-28(29)35-30)34-23-17-24(41-2)19-25(18-23)42-3/h4-10,16-20,22,27H,11-15H2,1-3H3,(H,34,36). The summed E-state index contributed by atoms with van der Waals surface area (Å²) in [5.74, 6) is 1.81. The molecule has 4 atom stereocenters. The third kappa shape index (κ3) is 5.76. The van der Waals surface area contributed by atoms with Gasteiger partial charge in [0.05, 0.1) is 47.0 Å². The predicted octanol–water partition coefficient (Wildman–Crippen LogP) is 6.70. The number of para-hydroxylation sites is 2. The van der Waals surface area contributed by atoms with Crippen molar-refractivity contribution in [1.82, 2.24) is 9.97 Å². The van der Waals surface area contributed by atoms with Crippen molar-refractivity contribution in [3.8, 4) is 11.5 Å². The molecule has 10 heteroatoms. The van der Waals surface area contributed by atoms with Crippen LogP contribution < -0.4 is 14.8 Å². The van der Waals surface area contributed by atoms with E-state index in [0.717, 1.165) is 18.4 Å². The summed E-state index contributed by atoms with van der Waals surface area (Å²) in [5.41, 5.74) is 2.75. The Morgan fingerprint density at radius 3 is 2.30 bits per heavy atom. The first-order valence-corrected chi connectivity index (χ1v) is 15.7. The van der Waals surface area contributed by atoms with E-state index in [2.05, 4.69) is 10.5 Å². The van der Waals surface area contributed by atoms with E-state index in [4.69, 9.17) is 19.4 Å². The van der Waals surface area contributed by atoms with Crippen LogP contribution in [0.15, 0.2) is 76.8 Å². The van der Waals surface area contributed by atoms with Crippen LogP contribution in [0.3, 0.4) is 0 Å². The molecule has 0 aliphatic heterocycles. The summed E-state index contributed by atoms with van der Waals surface area (Å²) in [6.07, 6.45) is 3.59. The van der Waals surface area contributed by atoms with Gasteiger partial charge in [0, 0.05) is 34.7 Å². The number of nitrogens with one attached hydrogen (secondary N) is 1. The summed E-state index contributed by atoms with van der Waals surface area (Å²) in [5, 5.41) is 6.03. The number of anilines is 2. The van der Waals surface area contributed by atoms with Gasteiger partial charge in [0.15, 0.2) is 17.1 Å². The monoisotopic (exact) mass is 598 g/mol. The number of rotatable bonds is 12. The number of ketones is 1. The number of nitroso groups, excluding NO2 is 1. The van der Waals surface area contributed by atoms with Crippen LogP contribution >= 0.6 is 0 Å². The number of hydrogen-bond donors (Lipinski definition) is 1. The number of methoxy groups -OCH3 is 2. The average molecular weight is 599 g/mol. The second-order valence-electron chi connectivity index (χ2n) is 11.4. The molecule has 6 rings (SSSR count). The smallest absolute Gasteiger partial charge is 0.167 e. The quantitative estimate of drug-likeness (QED) is 0.179. The molecule has 0 bridgehead atoms. The summed E-state index contributed by atoms with van der Waals surface area (Å²) < 4.78 is 24.9. The first-order valence-electron chi connectivity index (χ1n) is 14.5. The van der Waals surface area contributed by atoms with E-state index in [0.29, 0.717) is 63.9 Å². The molecule has 43 heavy (non-hydrogen) atoms. The zero-order valence-corrected chi connectivity index (χ0v) is 25.2. The lowest BCUT2D eigenvalue weighted by atomic mass is 9.67. The Morgan fingerprint density at radius 2 is 1.70 bits per heavy atom. The Balaban J connectivity index is 1.26. The van der Waals surface area contributed by atoms with Gasteiger partial charge in [-0.3, -0.25) is 9.00 Å². The number of hydrogen-bond acceptors (Lipinski definition) is 9. The molecule has 222 valence electrons. The van der Waals surface area contributed by atoms with Gasteiger partial charge in [-0.05, 0) is 74.8 Å². The highest BCUT2D eigenvalue weighted by Crippen LogP contribution is 2.48. The van der Waals surface area contributed by atoms with Gasteiger partial charge in [0.25, 0.3) is 0 Å². The molecule has 0 amide bonds. The fourth-order valence-corrected chi connectivity index (χ4v) is 7.07. The second kappa shape index (κ2) is 11.8. The topological polar surface area (TPSA) is 120 Å². The minimum atomic E-state index is -1.45. The summed E-state index contributed by atoms with van der Waals surface area (Å²) in [4.78, 5) is 34.6. The van der Waals surface area contributed by atoms with Gasteiger partial charge in [-0.15, -0.1) is 4.91 Å². The predicted molar refractivity (Wildman–Crippen MR) is 166 cm³/mol. The Hall–Kier alpha value is -4.18. The fourth-order valence-electron chi connectivity index (χ4n) is 5.82. The van der Waals surface area contributed by atoms with Crippen LogP contribution in [0.25, 0.3) is 11.0 Å². The minimum absolute atomic E-state index is 0.00988. The van der Waals surface area contributed by atoms with Crippen LogP contribution in [0.5, 0.6) is 11.5 Å². The lowest BCUT2D eigenvalue weighted by Crippen LogP contribution is -2.40. The summed E-state index contributed by atoms with van der Waals surface area (Å²) >= 11 is 0. The number of ether oxygens (including phenoxy) is 2. The molecule has 0 saturated heterocycles. The molecule has 2 saturated carbocycles. The van der Waals surface area contributed by atoms with Crippen molar-refractivity contribution >= 4 is 39.1 Å². The number of nitrogens with zero attached hydrogens (tertiary/aromatic N) is 3. The fraction of sp³-hybridized carbons (Fsp3) is 0.364. The molecule has 2 aliphatic carbocycles. The number of carbonyl (C=O) groups excluding carboxylic acids is 1. The van der Waals surface area contributed by atoms with E-state index < -0.39 is 21.6 Å². The molecule has 1 aromatic heterocycles. The van der Waals surface area contributed by atoms with Gasteiger partial charge in [-0.25, -0.2) is 9.97 Å². The Kier molecular flexibility index (Phi) is 7.96. The van der Waals surface area contributed by atoms with Crippen molar-refractivity contribution in [2.75, 3.05) is 19.5 Å².